The quantitative estimate of drug-likeness (QED) is 0.530. The molecule has 0 fully saturated rings. The zero-order valence-electron chi connectivity index (χ0n) is 17.0. The first-order valence-electron chi connectivity index (χ1n) is 8.68. The third kappa shape index (κ3) is 4.21. The van der Waals surface area contributed by atoms with Gasteiger partial charge < -0.3 is 18.8 Å². The Kier molecular flexibility index (Phi) is 5.97. The van der Waals surface area contributed by atoms with Crippen molar-refractivity contribution in [2.75, 3.05) is 26.6 Å². The number of rotatable bonds is 6. The molecule has 164 valence electrons. The second kappa shape index (κ2) is 8.47. The Bertz CT molecular complexity index is 1250. The van der Waals surface area contributed by atoms with E-state index in [1.807, 2.05) is 4.72 Å². The maximum atomic E-state index is 13.1. The van der Waals surface area contributed by atoms with E-state index in [4.69, 9.17) is 14.2 Å². The van der Waals surface area contributed by atoms with E-state index in [-0.39, 0.29) is 28.8 Å². The molecule has 13 heteroatoms. The first-order valence-corrected chi connectivity index (χ1v) is 10.2. The molecule has 3 rings (SSSR count). The molecule has 0 spiro atoms. The van der Waals surface area contributed by atoms with Gasteiger partial charge in [0, 0.05) is 18.0 Å². The highest BCUT2D eigenvalue weighted by atomic mass is 32.2. The van der Waals surface area contributed by atoms with Crippen LogP contribution < -0.4 is 19.5 Å². The van der Waals surface area contributed by atoms with Gasteiger partial charge in [-0.3, -0.25) is 5.32 Å². The van der Waals surface area contributed by atoms with Gasteiger partial charge in [0.2, 0.25) is 17.7 Å². The number of methoxy groups -OCH3 is 3. The molecule has 0 radical (unpaired) electrons. The third-order valence-corrected chi connectivity index (χ3v) is 5.66. The number of anilines is 1. The zero-order valence-corrected chi connectivity index (χ0v) is 17.8. The number of urea groups is 1. The zero-order chi connectivity index (χ0) is 22.8. The van der Waals surface area contributed by atoms with Crippen LogP contribution in [0.5, 0.6) is 11.8 Å². The Hall–Kier alpha value is -3.87. The Balaban J connectivity index is 1.99. The monoisotopic (exact) mass is 449 g/mol. The number of amides is 2. The molecule has 0 unspecified atom stereocenters. The van der Waals surface area contributed by atoms with Crippen molar-refractivity contribution in [3.8, 4) is 11.8 Å². The van der Waals surface area contributed by atoms with Crippen molar-refractivity contribution in [2.24, 2.45) is 7.05 Å². The number of ether oxygens (including phenoxy) is 3. The predicted molar refractivity (Wildman–Crippen MR) is 109 cm³/mol. The minimum absolute atomic E-state index is 0.0899. The van der Waals surface area contributed by atoms with E-state index in [1.54, 1.807) is 18.2 Å². The highest BCUT2D eigenvalue weighted by Crippen LogP contribution is 2.30. The molecular formula is C18H19N5O7S. The number of nitrogens with one attached hydrogen (secondary N) is 2. The molecule has 0 saturated heterocycles. The second-order valence-electron chi connectivity index (χ2n) is 6.08. The lowest BCUT2D eigenvalue weighted by molar-refractivity contribution is 0.0585. The Morgan fingerprint density at radius 3 is 2.23 bits per heavy atom. The van der Waals surface area contributed by atoms with E-state index in [0.717, 1.165) is 7.11 Å². The molecule has 2 aromatic heterocycles. The van der Waals surface area contributed by atoms with Crippen molar-refractivity contribution >= 4 is 38.9 Å². The molecule has 0 atom stereocenters. The van der Waals surface area contributed by atoms with Crippen LogP contribution in [0.2, 0.25) is 0 Å². The van der Waals surface area contributed by atoms with Gasteiger partial charge in [-0.1, -0.05) is 18.2 Å². The number of para-hydroxylation sites is 1. The lowest BCUT2D eigenvalue weighted by Gasteiger charge is -2.10. The van der Waals surface area contributed by atoms with Crippen molar-refractivity contribution < 1.29 is 32.2 Å². The molecule has 2 heterocycles. The normalized spacial score (nSPS) is 11.1. The van der Waals surface area contributed by atoms with E-state index >= 15 is 0 Å². The van der Waals surface area contributed by atoms with Crippen molar-refractivity contribution in [1.82, 2.24) is 19.3 Å². The summed E-state index contributed by atoms with van der Waals surface area (Å²) in [6, 6.07) is 6.67. The fourth-order valence-corrected chi connectivity index (χ4v) is 4.26. The van der Waals surface area contributed by atoms with Crippen molar-refractivity contribution in [3.63, 3.8) is 0 Å². The lowest BCUT2D eigenvalue weighted by Crippen LogP contribution is -2.35. The van der Waals surface area contributed by atoms with Gasteiger partial charge >= 0.3 is 12.0 Å². The lowest BCUT2D eigenvalue weighted by atomic mass is 10.2. The number of aromatic nitrogens is 3. The van der Waals surface area contributed by atoms with Crippen LogP contribution in [0.4, 0.5) is 10.7 Å². The van der Waals surface area contributed by atoms with Crippen LogP contribution >= 0.6 is 0 Å². The smallest absolute Gasteiger partial charge is 0.356 e. The average Bonchev–Trinajstić information content (AvgIpc) is 3.05. The van der Waals surface area contributed by atoms with Gasteiger partial charge in [0.25, 0.3) is 10.0 Å². The standard InChI is InChI=1S/C18H19N5O7S/c1-23-11-8-6-5-7-10(11)15(14(23)16(24)30-4)31(26,27)22-18(25)21-17-19-12(28-2)9-13(20-17)29-3/h5-9H,1-4H3,(H2,19,20,21,22,25). The minimum atomic E-state index is -4.50. The summed E-state index contributed by atoms with van der Waals surface area (Å²) in [5, 5.41) is 2.44. The van der Waals surface area contributed by atoms with Crippen molar-refractivity contribution in [3.05, 3.63) is 36.0 Å². The number of carbonyl (C=O) groups is 2. The van der Waals surface area contributed by atoms with E-state index in [2.05, 4.69) is 15.3 Å². The summed E-state index contributed by atoms with van der Waals surface area (Å²) in [5.41, 5.74) is 0.229. The number of benzene rings is 1. The number of nitrogens with zero attached hydrogens (tertiary/aromatic N) is 3. The number of esters is 1. The van der Waals surface area contributed by atoms with E-state index < -0.39 is 26.9 Å². The fraction of sp³-hybridized carbons (Fsp3) is 0.222. The Morgan fingerprint density at radius 2 is 1.65 bits per heavy atom. The molecule has 0 aliphatic heterocycles. The molecule has 12 nitrogen and oxygen atoms in total. The molecule has 1 aromatic carbocycles. The average molecular weight is 449 g/mol. The SMILES string of the molecule is COC(=O)c1c(S(=O)(=O)NC(=O)Nc2nc(OC)cc(OC)n2)c2ccccc2n1C. The van der Waals surface area contributed by atoms with E-state index in [1.165, 1.54) is 38.0 Å². The van der Waals surface area contributed by atoms with Crippen LogP contribution in [-0.2, 0) is 21.8 Å². The maximum absolute atomic E-state index is 13.1. The molecule has 3 aromatic rings. The first-order chi connectivity index (χ1) is 14.7. The molecule has 0 saturated carbocycles. The van der Waals surface area contributed by atoms with E-state index in [9.17, 15) is 18.0 Å². The summed E-state index contributed by atoms with van der Waals surface area (Å²) in [5.74, 6) is -0.950. The van der Waals surface area contributed by atoms with Gasteiger partial charge in [-0.15, -0.1) is 0 Å². The van der Waals surface area contributed by atoms with Gasteiger partial charge in [-0.05, 0) is 6.07 Å². The van der Waals surface area contributed by atoms with Crippen LogP contribution in [-0.4, -0.2) is 56.3 Å². The molecule has 2 amide bonds. The summed E-state index contributed by atoms with van der Waals surface area (Å²) in [7, 11) is 0.847. The number of fused-ring (bicyclic) bond motifs is 1. The summed E-state index contributed by atoms with van der Waals surface area (Å²) < 4.78 is 44.1. The number of sulfonamides is 1. The van der Waals surface area contributed by atoms with Crippen molar-refractivity contribution in [2.45, 2.75) is 4.90 Å². The van der Waals surface area contributed by atoms with Crippen LogP contribution in [0.3, 0.4) is 0 Å². The van der Waals surface area contributed by atoms with Gasteiger partial charge in [-0.2, -0.15) is 9.97 Å². The minimum Gasteiger partial charge on any atom is -0.481 e. The van der Waals surface area contributed by atoms with Crippen LogP contribution in [0.25, 0.3) is 10.9 Å². The summed E-state index contributed by atoms with van der Waals surface area (Å²) in [6.07, 6.45) is 0. The molecular weight excluding hydrogens is 430 g/mol. The summed E-state index contributed by atoms with van der Waals surface area (Å²) in [4.78, 5) is 32.1. The molecule has 0 aliphatic carbocycles. The molecule has 0 aliphatic rings. The summed E-state index contributed by atoms with van der Waals surface area (Å²) >= 11 is 0. The predicted octanol–water partition coefficient (Wildman–Crippen LogP) is 1.28. The third-order valence-electron chi connectivity index (χ3n) is 4.26. The van der Waals surface area contributed by atoms with Gasteiger partial charge in [0.1, 0.15) is 10.6 Å². The Labute approximate surface area is 177 Å². The fourth-order valence-electron chi connectivity index (χ4n) is 2.93. The number of hydrogen-bond acceptors (Lipinski definition) is 9. The Morgan fingerprint density at radius 1 is 1.03 bits per heavy atom. The molecule has 0 bridgehead atoms. The largest absolute Gasteiger partial charge is 0.481 e. The van der Waals surface area contributed by atoms with E-state index in [0.29, 0.717) is 5.52 Å². The molecule has 2 N–H and O–H groups in total. The maximum Gasteiger partial charge on any atom is 0.356 e. The second-order valence-corrected chi connectivity index (χ2v) is 7.70. The number of hydrogen-bond donors (Lipinski definition) is 2. The van der Waals surface area contributed by atoms with Gasteiger partial charge in [0.05, 0.1) is 27.4 Å². The topological polar surface area (TPSA) is 151 Å². The highest BCUT2D eigenvalue weighted by Gasteiger charge is 2.32. The van der Waals surface area contributed by atoms with Gasteiger partial charge in [-0.25, -0.2) is 22.7 Å². The summed E-state index contributed by atoms with van der Waals surface area (Å²) in [6.45, 7) is 0. The van der Waals surface area contributed by atoms with Crippen LogP contribution in [0.15, 0.2) is 35.2 Å². The molecule has 31 heavy (non-hydrogen) atoms. The van der Waals surface area contributed by atoms with Crippen LogP contribution in [0, 0.1) is 0 Å². The van der Waals surface area contributed by atoms with Crippen LogP contribution in [0.1, 0.15) is 10.5 Å². The number of carbonyl (C=O) groups excluding carboxylic acids is 2. The number of aryl methyl sites for hydroxylation is 1. The van der Waals surface area contributed by atoms with Gasteiger partial charge in [0.15, 0.2) is 0 Å². The first kappa shape index (κ1) is 21.8. The highest BCUT2D eigenvalue weighted by molar-refractivity contribution is 7.90. The van der Waals surface area contributed by atoms with Crippen molar-refractivity contribution in [1.29, 1.82) is 0 Å².